The molecule has 0 heterocycles. The SMILES string of the molecule is COc1cc(C(=O)CCc2ccccc2OCC(O)CNC2CCCCC2)cc(OC)c1OC.Cl. The molecule has 2 aromatic carbocycles. The van der Waals surface area contributed by atoms with Crippen LogP contribution in [0.4, 0.5) is 0 Å². The lowest BCUT2D eigenvalue weighted by Gasteiger charge is -2.24. The number of benzene rings is 2. The molecule has 0 bridgehead atoms. The number of aliphatic hydroxyl groups is 1. The second-order valence-corrected chi connectivity index (χ2v) is 8.65. The van der Waals surface area contributed by atoms with E-state index in [1.165, 1.54) is 53.4 Å². The van der Waals surface area contributed by atoms with Crippen molar-refractivity contribution >= 4 is 18.2 Å². The van der Waals surface area contributed by atoms with E-state index < -0.39 is 6.10 Å². The fourth-order valence-electron chi connectivity index (χ4n) is 4.34. The van der Waals surface area contributed by atoms with Crippen molar-refractivity contribution in [2.45, 2.75) is 57.1 Å². The minimum atomic E-state index is -0.587. The Hall–Kier alpha value is -2.48. The zero-order chi connectivity index (χ0) is 24.3. The Labute approximate surface area is 214 Å². The van der Waals surface area contributed by atoms with Crippen molar-refractivity contribution in [2.24, 2.45) is 0 Å². The number of hydrogen-bond acceptors (Lipinski definition) is 7. The number of ketones is 1. The van der Waals surface area contributed by atoms with Gasteiger partial charge in [0, 0.05) is 24.6 Å². The van der Waals surface area contributed by atoms with Crippen LogP contribution in [0, 0.1) is 0 Å². The summed E-state index contributed by atoms with van der Waals surface area (Å²) in [5, 5.41) is 13.8. The van der Waals surface area contributed by atoms with Crippen LogP contribution in [0.2, 0.25) is 0 Å². The van der Waals surface area contributed by atoms with Crippen molar-refractivity contribution in [2.75, 3.05) is 34.5 Å². The van der Waals surface area contributed by atoms with Crippen LogP contribution in [0.3, 0.4) is 0 Å². The van der Waals surface area contributed by atoms with Crippen molar-refractivity contribution in [1.29, 1.82) is 0 Å². The minimum absolute atomic E-state index is 0. The van der Waals surface area contributed by atoms with Crippen LogP contribution in [-0.4, -0.2) is 57.5 Å². The molecule has 1 aliphatic carbocycles. The highest BCUT2D eigenvalue weighted by Gasteiger charge is 2.18. The molecule has 7 nitrogen and oxygen atoms in total. The van der Waals surface area contributed by atoms with E-state index in [0.29, 0.717) is 54.0 Å². The Bertz CT molecular complexity index is 907. The number of Topliss-reactive ketones (excluding diaryl/α,β-unsaturated/α-hetero) is 1. The van der Waals surface area contributed by atoms with E-state index in [0.717, 1.165) is 5.56 Å². The van der Waals surface area contributed by atoms with Crippen molar-refractivity contribution in [3.63, 3.8) is 0 Å². The number of para-hydroxylation sites is 1. The second kappa shape index (κ2) is 14.8. The van der Waals surface area contributed by atoms with Gasteiger partial charge in [-0.05, 0) is 43.0 Å². The van der Waals surface area contributed by atoms with E-state index >= 15 is 0 Å². The maximum absolute atomic E-state index is 12.9. The Kier molecular flexibility index (Phi) is 12.2. The molecule has 1 atom stereocenters. The Morgan fingerprint density at radius 2 is 1.66 bits per heavy atom. The summed E-state index contributed by atoms with van der Waals surface area (Å²) in [5.41, 5.74) is 1.42. The minimum Gasteiger partial charge on any atom is -0.493 e. The van der Waals surface area contributed by atoms with Gasteiger partial charge in [-0.3, -0.25) is 4.79 Å². The van der Waals surface area contributed by atoms with Gasteiger partial charge in [-0.25, -0.2) is 0 Å². The van der Waals surface area contributed by atoms with Crippen LogP contribution in [0.15, 0.2) is 36.4 Å². The largest absolute Gasteiger partial charge is 0.493 e. The van der Waals surface area contributed by atoms with Crippen LogP contribution in [-0.2, 0) is 6.42 Å². The van der Waals surface area contributed by atoms with Crippen LogP contribution in [0.25, 0.3) is 0 Å². The number of rotatable bonds is 13. The average Bonchev–Trinajstić information content (AvgIpc) is 2.89. The van der Waals surface area contributed by atoms with E-state index in [2.05, 4.69) is 5.32 Å². The summed E-state index contributed by atoms with van der Waals surface area (Å²) >= 11 is 0. The van der Waals surface area contributed by atoms with Crippen LogP contribution in [0.1, 0.15) is 54.4 Å². The summed E-state index contributed by atoms with van der Waals surface area (Å²) < 4.78 is 22.0. The van der Waals surface area contributed by atoms with E-state index in [-0.39, 0.29) is 24.8 Å². The summed E-state index contributed by atoms with van der Waals surface area (Å²) in [6.07, 6.45) is 6.40. The van der Waals surface area contributed by atoms with Gasteiger partial charge in [-0.15, -0.1) is 12.4 Å². The van der Waals surface area contributed by atoms with Gasteiger partial charge in [-0.1, -0.05) is 37.5 Å². The van der Waals surface area contributed by atoms with Gasteiger partial charge >= 0.3 is 0 Å². The van der Waals surface area contributed by atoms with Gasteiger partial charge in [0.2, 0.25) is 5.75 Å². The number of carbonyl (C=O) groups excluding carboxylic acids is 1. The highest BCUT2D eigenvalue weighted by atomic mass is 35.5. The number of aliphatic hydroxyl groups excluding tert-OH is 1. The topological polar surface area (TPSA) is 86.3 Å². The predicted octanol–water partition coefficient (Wildman–Crippen LogP) is 4.61. The maximum Gasteiger partial charge on any atom is 0.203 e. The standard InChI is InChI=1S/C27H37NO6.ClH/c1-31-25-15-20(16-26(32-2)27(25)33-3)23(30)14-13-19-9-7-8-12-24(19)34-18-22(29)17-28-21-10-5-4-6-11-21;/h7-9,12,15-16,21-22,28-29H,4-6,10-11,13-14,17-18H2,1-3H3;1H. The van der Waals surface area contributed by atoms with Gasteiger partial charge in [0.25, 0.3) is 0 Å². The number of halogens is 1. The van der Waals surface area contributed by atoms with Crippen LogP contribution >= 0.6 is 12.4 Å². The van der Waals surface area contributed by atoms with Crippen molar-refractivity contribution < 1.29 is 28.8 Å². The maximum atomic E-state index is 12.9. The second-order valence-electron chi connectivity index (χ2n) is 8.65. The predicted molar refractivity (Wildman–Crippen MR) is 139 cm³/mol. The molecule has 1 unspecified atom stereocenters. The van der Waals surface area contributed by atoms with Gasteiger partial charge in [0.05, 0.1) is 21.3 Å². The monoisotopic (exact) mass is 507 g/mol. The molecule has 35 heavy (non-hydrogen) atoms. The number of aryl methyl sites for hydroxylation is 1. The molecule has 1 aliphatic rings. The number of hydrogen-bond donors (Lipinski definition) is 2. The summed E-state index contributed by atoms with van der Waals surface area (Å²) in [4.78, 5) is 12.9. The normalized spacial score (nSPS) is 14.5. The number of ether oxygens (including phenoxy) is 4. The van der Waals surface area contributed by atoms with Gasteiger partial charge in [-0.2, -0.15) is 0 Å². The molecule has 1 saturated carbocycles. The molecule has 0 radical (unpaired) electrons. The van der Waals surface area contributed by atoms with Gasteiger partial charge < -0.3 is 29.4 Å². The average molecular weight is 508 g/mol. The summed E-state index contributed by atoms with van der Waals surface area (Å²) in [5.74, 6) is 2.01. The quantitative estimate of drug-likeness (QED) is 0.383. The lowest BCUT2D eigenvalue weighted by molar-refractivity contribution is 0.0975. The first-order chi connectivity index (χ1) is 16.5. The van der Waals surface area contributed by atoms with E-state index in [1.54, 1.807) is 12.1 Å². The van der Waals surface area contributed by atoms with Crippen molar-refractivity contribution in [1.82, 2.24) is 5.32 Å². The molecule has 194 valence electrons. The molecule has 1 fully saturated rings. The molecular weight excluding hydrogens is 470 g/mol. The molecule has 0 aromatic heterocycles. The zero-order valence-corrected chi connectivity index (χ0v) is 21.7. The third-order valence-electron chi connectivity index (χ3n) is 6.26. The number of nitrogens with one attached hydrogen (secondary N) is 1. The molecular formula is C27H38ClNO6. The molecule has 2 N–H and O–H groups in total. The highest BCUT2D eigenvalue weighted by molar-refractivity contribution is 5.97. The molecule has 0 saturated heterocycles. The first kappa shape index (κ1) is 28.8. The third-order valence-corrected chi connectivity index (χ3v) is 6.26. The van der Waals surface area contributed by atoms with E-state index in [9.17, 15) is 9.90 Å². The Balaban J connectivity index is 0.00000432. The lowest BCUT2D eigenvalue weighted by Crippen LogP contribution is -2.39. The lowest BCUT2D eigenvalue weighted by atomic mass is 9.95. The summed E-state index contributed by atoms with van der Waals surface area (Å²) in [7, 11) is 4.58. The smallest absolute Gasteiger partial charge is 0.203 e. The Morgan fingerprint density at radius 1 is 1.00 bits per heavy atom. The van der Waals surface area contributed by atoms with E-state index in [4.69, 9.17) is 18.9 Å². The van der Waals surface area contributed by atoms with Gasteiger partial charge in [0.1, 0.15) is 18.5 Å². The molecule has 2 aromatic rings. The molecule has 0 aliphatic heterocycles. The third kappa shape index (κ3) is 8.30. The first-order valence-electron chi connectivity index (χ1n) is 12.0. The number of methoxy groups -OCH3 is 3. The fraction of sp³-hybridized carbons (Fsp3) is 0.519. The van der Waals surface area contributed by atoms with Gasteiger partial charge in [0.15, 0.2) is 17.3 Å². The summed E-state index contributed by atoms with van der Waals surface area (Å²) in [6, 6.07) is 11.5. The van der Waals surface area contributed by atoms with Crippen molar-refractivity contribution in [3.8, 4) is 23.0 Å². The first-order valence-corrected chi connectivity index (χ1v) is 12.0. The molecule has 8 heteroatoms. The Morgan fingerprint density at radius 3 is 2.29 bits per heavy atom. The van der Waals surface area contributed by atoms with E-state index in [1.807, 2.05) is 24.3 Å². The summed E-state index contributed by atoms with van der Waals surface area (Å²) in [6.45, 7) is 0.726. The highest BCUT2D eigenvalue weighted by Crippen LogP contribution is 2.38. The molecule has 0 amide bonds. The fourth-order valence-corrected chi connectivity index (χ4v) is 4.34. The number of carbonyl (C=O) groups is 1. The molecule has 3 rings (SSSR count). The van der Waals surface area contributed by atoms with Crippen LogP contribution < -0.4 is 24.3 Å². The van der Waals surface area contributed by atoms with Crippen LogP contribution in [0.5, 0.6) is 23.0 Å². The molecule has 0 spiro atoms. The van der Waals surface area contributed by atoms with Crippen molar-refractivity contribution in [3.05, 3.63) is 47.5 Å². The zero-order valence-electron chi connectivity index (χ0n) is 20.9.